The molecular formula is C20H36O2Si2. The van der Waals surface area contributed by atoms with Crippen molar-refractivity contribution in [2.75, 3.05) is 0 Å². The third-order valence-corrected chi connectivity index (χ3v) is 14.3. The number of benzene rings is 1. The van der Waals surface area contributed by atoms with Gasteiger partial charge in [-0.15, -0.1) is 0 Å². The molecule has 0 aliphatic rings. The Morgan fingerprint density at radius 2 is 1.29 bits per heavy atom. The lowest BCUT2D eigenvalue weighted by molar-refractivity contribution is 0.474. The van der Waals surface area contributed by atoms with Crippen LogP contribution in [0.1, 0.15) is 47.1 Å². The monoisotopic (exact) mass is 364 g/mol. The van der Waals surface area contributed by atoms with E-state index in [1.54, 1.807) is 0 Å². The minimum Gasteiger partial charge on any atom is -0.543 e. The van der Waals surface area contributed by atoms with E-state index in [1.165, 1.54) is 0 Å². The minimum atomic E-state index is -1.90. The summed E-state index contributed by atoms with van der Waals surface area (Å²) < 4.78 is 13.0. The normalized spacial score (nSPS) is 13.6. The molecule has 1 aromatic rings. The van der Waals surface area contributed by atoms with Crippen molar-refractivity contribution in [3.05, 3.63) is 30.3 Å². The van der Waals surface area contributed by atoms with Crippen LogP contribution < -0.4 is 8.85 Å². The molecule has 136 valence electrons. The molecule has 0 N–H and O–H groups in total. The molecule has 0 bridgehead atoms. The Morgan fingerprint density at radius 1 is 0.833 bits per heavy atom. The van der Waals surface area contributed by atoms with Crippen LogP contribution in [0.4, 0.5) is 0 Å². The van der Waals surface area contributed by atoms with Gasteiger partial charge in [0.25, 0.3) is 8.32 Å². The van der Waals surface area contributed by atoms with Gasteiger partial charge in [-0.2, -0.15) is 0 Å². The van der Waals surface area contributed by atoms with Gasteiger partial charge in [0.15, 0.2) is 0 Å². The average Bonchev–Trinajstić information content (AvgIpc) is 2.35. The van der Waals surface area contributed by atoms with Gasteiger partial charge in [0.05, 0.1) is 0 Å². The van der Waals surface area contributed by atoms with Crippen molar-refractivity contribution in [3.63, 3.8) is 0 Å². The van der Waals surface area contributed by atoms with Crippen molar-refractivity contribution < 1.29 is 8.85 Å². The van der Waals surface area contributed by atoms with Gasteiger partial charge < -0.3 is 8.85 Å². The third-order valence-electron chi connectivity index (χ3n) is 5.56. The second kappa shape index (κ2) is 6.72. The fourth-order valence-electron chi connectivity index (χ4n) is 1.71. The van der Waals surface area contributed by atoms with E-state index in [2.05, 4.69) is 86.4 Å². The lowest BCUT2D eigenvalue weighted by Gasteiger charge is -2.38. The fourth-order valence-corrected chi connectivity index (χ4v) is 3.77. The first kappa shape index (κ1) is 21.0. The summed E-state index contributed by atoms with van der Waals surface area (Å²) in [7, 11) is -3.77. The van der Waals surface area contributed by atoms with Crippen molar-refractivity contribution in [2.24, 2.45) is 0 Å². The Labute approximate surface area is 151 Å². The van der Waals surface area contributed by atoms with Gasteiger partial charge >= 0.3 is 0 Å². The minimum absolute atomic E-state index is 0.154. The maximum Gasteiger partial charge on any atom is 0.250 e. The van der Waals surface area contributed by atoms with Crippen LogP contribution in [0.15, 0.2) is 24.8 Å². The maximum atomic E-state index is 6.53. The first-order valence-corrected chi connectivity index (χ1v) is 14.6. The van der Waals surface area contributed by atoms with Gasteiger partial charge in [0, 0.05) is 11.6 Å². The van der Waals surface area contributed by atoms with Gasteiger partial charge in [0.2, 0.25) is 8.32 Å². The highest BCUT2D eigenvalue weighted by Gasteiger charge is 2.40. The molecule has 0 heterocycles. The third kappa shape index (κ3) is 4.76. The zero-order valence-electron chi connectivity index (χ0n) is 17.3. The summed E-state index contributed by atoms with van der Waals surface area (Å²) in [4.78, 5) is 0. The molecule has 0 saturated carbocycles. The predicted molar refractivity (Wildman–Crippen MR) is 112 cm³/mol. The van der Waals surface area contributed by atoms with Crippen molar-refractivity contribution in [3.8, 4) is 11.5 Å². The van der Waals surface area contributed by atoms with Crippen molar-refractivity contribution >= 4 is 22.7 Å². The number of hydrogen-bond acceptors (Lipinski definition) is 2. The maximum absolute atomic E-state index is 6.53. The molecule has 0 saturated heterocycles. The molecule has 1 aromatic carbocycles. The number of rotatable bonds is 5. The van der Waals surface area contributed by atoms with Crippen molar-refractivity contribution in [1.29, 1.82) is 0 Å². The average molecular weight is 365 g/mol. The van der Waals surface area contributed by atoms with Crippen LogP contribution in [0.5, 0.6) is 11.5 Å². The highest BCUT2D eigenvalue weighted by Crippen LogP contribution is 2.41. The molecule has 4 heteroatoms. The zero-order chi connectivity index (χ0) is 19.0. The first-order chi connectivity index (χ1) is 10.6. The summed E-state index contributed by atoms with van der Waals surface area (Å²) >= 11 is 0. The van der Waals surface area contributed by atoms with Crippen molar-refractivity contribution in [1.82, 2.24) is 0 Å². The Kier molecular flexibility index (Phi) is 5.89. The van der Waals surface area contributed by atoms with E-state index in [4.69, 9.17) is 8.85 Å². The summed E-state index contributed by atoms with van der Waals surface area (Å²) in [5.74, 6) is 1.80. The largest absolute Gasteiger partial charge is 0.543 e. The molecule has 2 nitrogen and oxygen atoms in total. The van der Waals surface area contributed by atoms with Gasteiger partial charge in [-0.3, -0.25) is 0 Å². The van der Waals surface area contributed by atoms with E-state index in [0.29, 0.717) is 0 Å². The van der Waals surface area contributed by atoms with Crippen LogP contribution in [-0.4, -0.2) is 16.6 Å². The van der Waals surface area contributed by atoms with Crippen LogP contribution in [0.25, 0.3) is 6.08 Å². The lowest BCUT2D eigenvalue weighted by Crippen LogP contribution is -2.44. The Morgan fingerprint density at radius 3 is 1.71 bits per heavy atom. The second-order valence-corrected chi connectivity index (χ2v) is 19.1. The quantitative estimate of drug-likeness (QED) is 0.519. The first-order valence-electron chi connectivity index (χ1n) is 8.75. The van der Waals surface area contributed by atoms with E-state index in [0.717, 1.165) is 17.1 Å². The van der Waals surface area contributed by atoms with E-state index < -0.39 is 16.6 Å². The molecule has 0 amide bonds. The SMILES string of the molecule is C=Cc1ccc(O[Si](C)(C)C(C)(C)C)cc1O[Si](C)(C)C(C)(C)C. The molecule has 0 aliphatic carbocycles. The molecule has 0 atom stereocenters. The summed E-state index contributed by atoms with van der Waals surface area (Å²) in [6.45, 7) is 26.5. The molecule has 1 rings (SSSR count). The van der Waals surface area contributed by atoms with E-state index in [9.17, 15) is 0 Å². The molecule has 0 fully saturated rings. The molecule has 0 aliphatic heterocycles. The van der Waals surface area contributed by atoms with Crippen LogP contribution in [0.2, 0.25) is 36.3 Å². The molecular weight excluding hydrogens is 328 g/mol. The molecule has 0 unspecified atom stereocenters. The van der Waals surface area contributed by atoms with E-state index in [-0.39, 0.29) is 10.1 Å². The summed E-state index contributed by atoms with van der Waals surface area (Å²) in [5.41, 5.74) is 1.03. The second-order valence-electron chi connectivity index (χ2n) is 9.63. The van der Waals surface area contributed by atoms with Crippen LogP contribution in [-0.2, 0) is 0 Å². The van der Waals surface area contributed by atoms with Crippen LogP contribution in [0, 0.1) is 0 Å². The molecule has 0 radical (unpaired) electrons. The molecule has 0 aromatic heterocycles. The highest BCUT2D eigenvalue weighted by atomic mass is 28.4. The smallest absolute Gasteiger partial charge is 0.250 e. The van der Waals surface area contributed by atoms with Gasteiger partial charge in [0.1, 0.15) is 11.5 Å². The molecule has 24 heavy (non-hydrogen) atoms. The fraction of sp³-hybridized carbons (Fsp3) is 0.600. The van der Waals surface area contributed by atoms with Crippen LogP contribution >= 0.6 is 0 Å². The Balaban J connectivity index is 3.21. The topological polar surface area (TPSA) is 18.5 Å². The lowest BCUT2D eigenvalue weighted by atomic mass is 10.2. The van der Waals surface area contributed by atoms with E-state index in [1.807, 2.05) is 12.1 Å². The molecule has 0 spiro atoms. The van der Waals surface area contributed by atoms with Gasteiger partial charge in [-0.1, -0.05) is 54.2 Å². The number of hydrogen-bond donors (Lipinski definition) is 0. The van der Waals surface area contributed by atoms with Crippen molar-refractivity contribution in [2.45, 2.75) is 77.8 Å². The zero-order valence-corrected chi connectivity index (χ0v) is 19.3. The van der Waals surface area contributed by atoms with E-state index >= 15 is 0 Å². The van der Waals surface area contributed by atoms with Crippen LogP contribution in [0.3, 0.4) is 0 Å². The summed E-state index contributed by atoms with van der Waals surface area (Å²) in [5, 5.41) is 0.326. The summed E-state index contributed by atoms with van der Waals surface area (Å²) in [6, 6.07) is 6.14. The van der Waals surface area contributed by atoms with Gasteiger partial charge in [-0.25, -0.2) is 0 Å². The summed E-state index contributed by atoms with van der Waals surface area (Å²) in [6.07, 6.45) is 1.86. The predicted octanol–water partition coefficient (Wildman–Crippen LogP) is 7.10. The highest BCUT2D eigenvalue weighted by molar-refractivity contribution is 6.75. The van der Waals surface area contributed by atoms with Gasteiger partial charge in [-0.05, 0) is 48.4 Å². The Bertz CT molecular complexity index is 591. The standard InChI is InChI=1S/C20H36O2Si2/c1-12-16-13-14-17(21-23(8,9)19(2,3)4)15-18(16)22-24(10,11)20(5,6)7/h12-15H,1H2,2-11H3. The Hall–Kier alpha value is -1.01.